The normalized spacial score (nSPS) is 48.0. The third kappa shape index (κ3) is 1.28. The largest absolute Gasteiger partial charge is 0.393 e. The van der Waals surface area contributed by atoms with Crippen molar-refractivity contribution in [3.05, 3.63) is 0 Å². The van der Waals surface area contributed by atoms with Crippen LogP contribution in [0.25, 0.3) is 0 Å². The van der Waals surface area contributed by atoms with E-state index in [1.807, 2.05) is 0 Å². The predicted molar refractivity (Wildman–Crippen MR) is 41.8 cm³/mol. The van der Waals surface area contributed by atoms with Crippen molar-refractivity contribution in [3.8, 4) is 0 Å². The third-order valence-electron chi connectivity index (χ3n) is 2.40. The Morgan fingerprint density at radius 1 is 1.46 bits per heavy atom. The molecule has 0 amide bonds. The average Bonchev–Trinajstić information content (AvgIpc) is 2.47. The maximum absolute atomic E-state index is 9.39. The second kappa shape index (κ2) is 2.65. The van der Waals surface area contributed by atoms with E-state index in [0.29, 0.717) is 0 Å². The highest BCUT2D eigenvalue weighted by Crippen LogP contribution is 2.42. The van der Waals surface area contributed by atoms with Crippen molar-refractivity contribution in [2.45, 2.75) is 37.6 Å². The van der Waals surface area contributed by atoms with Gasteiger partial charge in [0, 0.05) is 0 Å². The van der Waals surface area contributed by atoms with Crippen LogP contribution in [0.1, 0.15) is 13.8 Å². The van der Waals surface area contributed by atoms with Gasteiger partial charge < -0.3 is 24.4 Å². The molecular formula is C8H14O5. The highest BCUT2D eigenvalue weighted by atomic mass is 16.8. The summed E-state index contributed by atoms with van der Waals surface area (Å²) in [5.41, 5.74) is -0.886. The lowest BCUT2D eigenvalue weighted by Crippen LogP contribution is -2.44. The maximum atomic E-state index is 9.39. The summed E-state index contributed by atoms with van der Waals surface area (Å²) in [6.07, 6.45) is -1.60. The van der Waals surface area contributed by atoms with Crippen LogP contribution in [0.5, 0.6) is 0 Å². The van der Waals surface area contributed by atoms with Gasteiger partial charge >= 0.3 is 0 Å². The Hall–Kier alpha value is -0.200. The molecule has 2 fully saturated rings. The third-order valence-corrected chi connectivity index (χ3v) is 2.40. The summed E-state index contributed by atoms with van der Waals surface area (Å²) in [6, 6.07) is 0. The topological polar surface area (TPSA) is 68.2 Å². The van der Waals surface area contributed by atoms with Gasteiger partial charge in [-0.2, -0.15) is 0 Å². The van der Waals surface area contributed by atoms with E-state index >= 15 is 0 Å². The first kappa shape index (κ1) is 9.36. The zero-order chi connectivity index (χ0) is 9.69. The van der Waals surface area contributed by atoms with E-state index in [1.54, 1.807) is 13.8 Å². The Morgan fingerprint density at radius 3 is 2.69 bits per heavy atom. The minimum Gasteiger partial charge on any atom is -0.393 e. The van der Waals surface area contributed by atoms with Crippen molar-refractivity contribution < 1.29 is 24.4 Å². The van der Waals surface area contributed by atoms with E-state index in [4.69, 9.17) is 14.2 Å². The lowest BCUT2D eigenvalue weighted by molar-refractivity contribution is -0.216. The van der Waals surface area contributed by atoms with Crippen molar-refractivity contribution in [2.75, 3.05) is 13.2 Å². The summed E-state index contributed by atoms with van der Waals surface area (Å²) >= 11 is 0. The van der Waals surface area contributed by atoms with Gasteiger partial charge in [0.1, 0.15) is 11.7 Å². The van der Waals surface area contributed by atoms with Gasteiger partial charge in [-0.1, -0.05) is 0 Å². The van der Waals surface area contributed by atoms with Crippen LogP contribution in [0.15, 0.2) is 0 Å². The number of rotatable bonds is 1. The molecule has 76 valence electrons. The number of hydrogen-bond acceptors (Lipinski definition) is 5. The van der Waals surface area contributed by atoms with Crippen LogP contribution < -0.4 is 0 Å². The van der Waals surface area contributed by atoms with E-state index in [0.717, 1.165) is 0 Å². The van der Waals surface area contributed by atoms with Crippen LogP contribution in [-0.4, -0.2) is 47.2 Å². The van der Waals surface area contributed by atoms with Crippen LogP contribution in [0, 0.1) is 0 Å². The fourth-order valence-electron chi connectivity index (χ4n) is 1.90. The molecule has 2 heterocycles. The summed E-state index contributed by atoms with van der Waals surface area (Å²) in [5, 5.41) is 18.6. The second-order valence-electron chi connectivity index (χ2n) is 3.96. The Balaban J connectivity index is 2.24. The predicted octanol–water partition coefficient (Wildman–Crippen LogP) is -0.782. The fourth-order valence-corrected chi connectivity index (χ4v) is 1.90. The molecule has 2 rings (SSSR count). The summed E-state index contributed by atoms with van der Waals surface area (Å²) in [5.74, 6) is -0.766. The molecule has 2 aliphatic rings. The molecule has 0 spiro atoms. The lowest BCUT2D eigenvalue weighted by atomic mass is 10.0. The Bertz CT molecular complexity index is 217. The molecule has 0 aromatic rings. The molecular weight excluding hydrogens is 176 g/mol. The van der Waals surface area contributed by atoms with Crippen LogP contribution in [-0.2, 0) is 14.2 Å². The number of hydrogen-bond donors (Lipinski definition) is 2. The molecule has 2 saturated heterocycles. The molecule has 0 aromatic heterocycles. The van der Waals surface area contributed by atoms with Crippen LogP contribution in [0.2, 0.25) is 0 Å². The summed E-state index contributed by atoms with van der Waals surface area (Å²) in [7, 11) is 0. The molecule has 0 unspecified atom stereocenters. The Labute approximate surface area is 76.2 Å². The SMILES string of the molecule is CC1(C)O[C@H]2[C@H](O)OC[C@@]2(CO)O1. The van der Waals surface area contributed by atoms with Crippen LogP contribution >= 0.6 is 0 Å². The zero-order valence-electron chi connectivity index (χ0n) is 7.69. The molecule has 2 aliphatic heterocycles. The summed E-state index contributed by atoms with van der Waals surface area (Å²) in [4.78, 5) is 0. The average molecular weight is 190 g/mol. The maximum Gasteiger partial charge on any atom is 0.184 e. The van der Waals surface area contributed by atoms with Gasteiger partial charge in [-0.05, 0) is 13.8 Å². The van der Waals surface area contributed by atoms with Crippen molar-refractivity contribution in [1.29, 1.82) is 0 Å². The molecule has 0 radical (unpaired) electrons. The molecule has 0 saturated carbocycles. The molecule has 5 heteroatoms. The molecule has 2 N–H and O–H groups in total. The second-order valence-corrected chi connectivity index (χ2v) is 3.96. The van der Waals surface area contributed by atoms with Gasteiger partial charge in [-0.15, -0.1) is 0 Å². The van der Waals surface area contributed by atoms with Gasteiger partial charge in [-0.3, -0.25) is 0 Å². The van der Waals surface area contributed by atoms with E-state index < -0.39 is 23.8 Å². The summed E-state index contributed by atoms with van der Waals surface area (Å²) in [6.45, 7) is 3.45. The lowest BCUT2D eigenvalue weighted by Gasteiger charge is -2.23. The van der Waals surface area contributed by atoms with Crippen molar-refractivity contribution in [1.82, 2.24) is 0 Å². The van der Waals surface area contributed by atoms with Gasteiger partial charge in [-0.25, -0.2) is 0 Å². The van der Waals surface area contributed by atoms with Crippen LogP contribution in [0.4, 0.5) is 0 Å². The van der Waals surface area contributed by atoms with Crippen molar-refractivity contribution in [3.63, 3.8) is 0 Å². The highest BCUT2D eigenvalue weighted by Gasteiger charge is 2.60. The number of fused-ring (bicyclic) bond motifs is 1. The Kier molecular flexibility index (Phi) is 1.91. The van der Waals surface area contributed by atoms with E-state index in [2.05, 4.69) is 0 Å². The molecule has 3 atom stereocenters. The first-order valence-electron chi connectivity index (χ1n) is 4.28. The van der Waals surface area contributed by atoms with E-state index in [-0.39, 0.29) is 13.2 Å². The molecule has 0 aliphatic carbocycles. The standard InChI is InChI=1S/C8H14O5/c1-7(2)12-5-6(10)11-4-8(5,3-9)13-7/h5-6,9-10H,3-4H2,1-2H3/t5-,6+,8+/m0/s1. The summed E-state index contributed by atoms with van der Waals surface area (Å²) < 4.78 is 15.9. The highest BCUT2D eigenvalue weighted by molar-refractivity contribution is 5.01. The zero-order valence-corrected chi connectivity index (χ0v) is 7.69. The first-order chi connectivity index (χ1) is 5.99. The number of aliphatic hydroxyl groups is 2. The number of ether oxygens (including phenoxy) is 3. The van der Waals surface area contributed by atoms with Gasteiger partial charge in [0.05, 0.1) is 13.2 Å². The molecule has 13 heavy (non-hydrogen) atoms. The van der Waals surface area contributed by atoms with Gasteiger partial charge in [0.2, 0.25) is 0 Å². The van der Waals surface area contributed by atoms with Gasteiger partial charge in [0.15, 0.2) is 12.1 Å². The molecule has 0 bridgehead atoms. The minimum absolute atomic E-state index is 0.165. The van der Waals surface area contributed by atoms with E-state index in [9.17, 15) is 10.2 Å². The quantitative estimate of drug-likeness (QED) is 0.567. The van der Waals surface area contributed by atoms with Crippen molar-refractivity contribution >= 4 is 0 Å². The Morgan fingerprint density at radius 2 is 2.15 bits per heavy atom. The van der Waals surface area contributed by atoms with Crippen molar-refractivity contribution in [2.24, 2.45) is 0 Å². The van der Waals surface area contributed by atoms with E-state index in [1.165, 1.54) is 0 Å². The molecule has 0 aromatic carbocycles. The first-order valence-corrected chi connectivity index (χ1v) is 4.28. The smallest absolute Gasteiger partial charge is 0.184 e. The monoisotopic (exact) mass is 190 g/mol. The molecule has 5 nitrogen and oxygen atoms in total. The van der Waals surface area contributed by atoms with Crippen LogP contribution in [0.3, 0.4) is 0 Å². The fraction of sp³-hybridized carbons (Fsp3) is 1.00. The minimum atomic E-state index is -1.01. The van der Waals surface area contributed by atoms with Gasteiger partial charge in [0.25, 0.3) is 0 Å². The number of aliphatic hydroxyl groups excluding tert-OH is 2.